The van der Waals surface area contributed by atoms with Gasteiger partial charge in [0.1, 0.15) is 5.82 Å². The third kappa shape index (κ3) is 2.84. The highest BCUT2D eigenvalue weighted by molar-refractivity contribution is 5.99. The summed E-state index contributed by atoms with van der Waals surface area (Å²) in [6.07, 6.45) is 2.54. The van der Waals surface area contributed by atoms with E-state index in [0.29, 0.717) is 5.56 Å². The van der Waals surface area contributed by atoms with E-state index >= 15 is 0 Å². The van der Waals surface area contributed by atoms with Crippen LogP contribution in [-0.2, 0) is 0 Å². The first-order chi connectivity index (χ1) is 8.11. The van der Waals surface area contributed by atoms with Crippen molar-refractivity contribution in [3.8, 4) is 0 Å². The van der Waals surface area contributed by atoms with Crippen LogP contribution in [0.25, 0.3) is 0 Å². The van der Waals surface area contributed by atoms with Gasteiger partial charge < -0.3 is 4.90 Å². The number of carbonyl (C=O) groups excluding carboxylic acids is 1. The highest BCUT2D eigenvalue weighted by Crippen LogP contribution is 2.32. The number of halogens is 1. The molecule has 0 aliphatic heterocycles. The van der Waals surface area contributed by atoms with Gasteiger partial charge in [0, 0.05) is 24.3 Å². The number of Topliss-reactive ketones (excluding diaryl/α,β-unsaturated/α-hetero) is 1. The summed E-state index contributed by atoms with van der Waals surface area (Å²) >= 11 is 0. The van der Waals surface area contributed by atoms with E-state index in [0.717, 1.165) is 24.7 Å². The Kier molecular flexibility index (Phi) is 3.46. The average molecular weight is 235 g/mol. The molecule has 0 heterocycles. The third-order valence-electron chi connectivity index (χ3n) is 3.24. The average Bonchev–Trinajstić information content (AvgIpc) is 3.10. The van der Waals surface area contributed by atoms with Gasteiger partial charge in [0.25, 0.3) is 0 Å². The molecule has 3 heteroatoms. The number of hydrogen-bond acceptors (Lipinski definition) is 2. The van der Waals surface area contributed by atoms with E-state index in [4.69, 9.17) is 0 Å². The van der Waals surface area contributed by atoms with Crippen LogP contribution in [0.15, 0.2) is 18.2 Å². The lowest BCUT2D eigenvalue weighted by molar-refractivity contribution is 0.101. The standard InChI is InChI=1S/C14H18FNO/c1-3-16(9-11-4-5-11)14-7-6-12(15)8-13(14)10(2)17/h6-8,11H,3-5,9H2,1-2H3. The largest absolute Gasteiger partial charge is 0.371 e. The summed E-state index contributed by atoms with van der Waals surface area (Å²) < 4.78 is 13.2. The second-order valence-electron chi connectivity index (χ2n) is 4.70. The van der Waals surface area contributed by atoms with Crippen LogP contribution >= 0.6 is 0 Å². The van der Waals surface area contributed by atoms with Crippen LogP contribution in [0.3, 0.4) is 0 Å². The Morgan fingerprint density at radius 3 is 2.71 bits per heavy atom. The van der Waals surface area contributed by atoms with Crippen LogP contribution in [0.5, 0.6) is 0 Å². The Labute approximate surface area is 101 Å². The number of benzene rings is 1. The second kappa shape index (κ2) is 4.86. The normalized spacial score (nSPS) is 14.8. The molecule has 1 saturated carbocycles. The number of nitrogens with zero attached hydrogens (tertiary/aromatic N) is 1. The van der Waals surface area contributed by atoms with Crippen LogP contribution in [0.1, 0.15) is 37.0 Å². The second-order valence-corrected chi connectivity index (χ2v) is 4.70. The molecule has 1 aromatic rings. The molecule has 0 saturated heterocycles. The number of carbonyl (C=O) groups is 1. The zero-order valence-corrected chi connectivity index (χ0v) is 10.4. The van der Waals surface area contributed by atoms with Gasteiger partial charge in [-0.15, -0.1) is 0 Å². The first kappa shape index (κ1) is 12.1. The van der Waals surface area contributed by atoms with Gasteiger partial charge in [-0.1, -0.05) is 0 Å². The molecule has 1 aliphatic rings. The predicted molar refractivity (Wildman–Crippen MR) is 67.0 cm³/mol. The molecule has 0 bridgehead atoms. The number of rotatable bonds is 5. The van der Waals surface area contributed by atoms with Crippen molar-refractivity contribution in [3.63, 3.8) is 0 Å². The number of hydrogen-bond donors (Lipinski definition) is 0. The van der Waals surface area contributed by atoms with E-state index in [2.05, 4.69) is 11.8 Å². The maximum atomic E-state index is 13.2. The summed E-state index contributed by atoms with van der Waals surface area (Å²) in [6, 6.07) is 4.49. The summed E-state index contributed by atoms with van der Waals surface area (Å²) in [5, 5.41) is 0. The smallest absolute Gasteiger partial charge is 0.161 e. The fourth-order valence-corrected chi connectivity index (χ4v) is 2.08. The molecule has 0 atom stereocenters. The van der Waals surface area contributed by atoms with E-state index in [9.17, 15) is 9.18 Å². The van der Waals surface area contributed by atoms with Crippen LogP contribution in [0.2, 0.25) is 0 Å². The van der Waals surface area contributed by atoms with Crippen molar-refractivity contribution in [2.45, 2.75) is 26.7 Å². The van der Waals surface area contributed by atoms with E-state index in [1.165, 1.54) is 31.9 Å². The lowest BCUT2D eigenvalue weighted by Crippen LogP contribution is -2.26. The fourth-order valence-electron chi connectivity index (χ4n) is 2.08. The molecule has 0 unspecified atom stereocenters. The SMILES string of the molecule is CCN(CC1CC1)c1ccc(F)cc1C(C)=O. The molecule has 1 aromatic carbocycles. The minimum atomic E-state index is -0.346. The minimum absolute atomic E-state index is 0.0752. The molecular weight excluding hydrogens is 217 g/mol. The zero-order valence-electron chi connectivity index (χ0n) is 10.4. The lowest BCUT2D eigenvalue weighted by Gasteiger charge is -2.25. The van der Waals surface area contributed by atoms with Crippen LogP contribution in [0, 0.1) is 11.7 Å². The summed E-state index contributed by atoms with van der Waals surface area (Å²) in [6.45, 7) is 5.38. The van der Waals surface area contributed by atoms with E-state index in [1.54, 1.807) is 6.07 Å². The van der Waals surface area contributed by atoms with Crippen LogP contribution in [-0.4, -0.2) is 18.9 Å². The summed E-state index contributed by atoms with van der Waals surface area (Å²) in [4.78, 5) is 13.7. The lowest BCUT2D eigenvalue weighted by atomic mass is 10.1. The van der Waals surface area contributed by atoms with Crippen molar-refractivity contribution in [3.05, 3.63) is 29.6 Å². The van der Waals surface area contributed by atoms with Gasteiger partial charge in [0.2, 0.25) is 0 Å². The Morgan fingerprint density at radius 2 is 2.18 bits per heavy atom. The van der Waals surface area contributed by atoms with E-state index in [-0.39, 0.29) is 11.6 Å². The maximum Gasteiger partial charge on any atom is 0.161 e. The zero-order chi connectivity index (χ0) is 12.4. The Hall–Kier alpha value is -1.38. The fraction of sp³-hybridized carbons (Fsp3) is 0.500. The summed E-state index contributed by atoms with van der Waals surface area (Å²) in [5.74, 6) is 0.329. The van der Waals surface area contributed by atoms with Gasteiger partial charge >= 0.3 is 0 Å². The van der Waals surface area contributed by atoms with Gasteiger partial charge in [0.05, 0.1) is 0 Å². The van der Waals surface area contributed by atoms with E-state index < -0.39 is 0 Å². The molecule has 17 heavy (non-hydrogen) atoms. The summed E-state index contributed by atoms with van der Waals surface area (Å²) in [5.41, 5.74) is 1.36. The maximum absolute atomic E-state index is 13.2. The molecular formula is C14H18FNO. The molecule has 1 aliphatic carbocycles. The van der Waals surface area contributed by atoms with Gasteiger partial charge in [-0.3, -0.25) is 4.79 Å². The molecule has 2 rings (SSSR count). The Morgan fingerprint density at radius 1 is 1.47 bits per heavy atom. The molecule has 0 radical (unpaired) electrons. The van der Waals surface area contributed by atoms with Crippen molar-refractivity contribution >= 4 is 11.5 Å². The van der Waals surface area contributed by atoms with E-state index in [1.807, 2.05) is 0 Å². The first-order valence-electron chi connectivity index (χ1n) is 6.17. The highest BCUT2D eigenvalue weighted by atomic mass is 19.1. The monoisotopic (exact) mass is 235 g/mol. The van der Waals surface area contributed by atoms with Crippen molar-refractivity contribution < 1.29 is 9.18 Å². The molecule has 2 nitrogen and oxygen atoms in total. The van der Waals surface area contributed by atoms with Crippen molar-refractivity contribution in [1.29, 1.82) is 0 Å². The Balaban J connectivity index is 2.30. The molecule has 1 fully saturated rings. The first-order valence-corrected chi connectivity index (χ1v) is 6.17. The predicted octanol–water partition coefficient (Wildman–Crippen LogP) is 3.26. The van der Waals surface area contributed by atoms with Gasteiger partial charge in [-0.25, -0.2) is 4.39 Å². The van der Waals surface area contributed by atoms with Gasteiger partial charge in [-0.05, 0) is 50.8 Å². The van der Waals surface area contributed by atoms with Gasteiger partial charge in [0.15, 0.2) is 5.78 Å². The van der Waals surface area contributed by atoms with Crippen molar-refractivity contribution in [2.75, 3.05) is 18.0 Å². The topological polar surface area (TPSA) is 20.3 Å². The summed E-state index contributed by atoms with van der Waals surface area (Å²) in [7, 11) is 0. The number of ketones is 1. The molecule has 0 spiro atoms. The highest BCUT2D eigenvalue weighted by Gasteiger charge is 2.25. The van der Waals surface area contributed by atoms with Gasteiger partial charge in [-0.2, -0.15) is 0 Å². The third-order valence-corrected chi connectivity index (χ3v) is 3.24. The Bertz CT molecular complexity index is 426. The molecule has 0 aromatic heterocycles. The van der Waals surface area contributed by atoms with Crippen molar-refractivity contribution in [2.24, 2.45) is 5.92 Å². The minimum Gasteiger partial charge on any atom is -0.371 e. The molecule has 0 N–H and O–H groups in total. The quantitative estimate of drug-likeness (QED) is 0.730. The molecule has 0 amide bonds. The van der Waals surface area contributed by atoms with Crippen LogP contribution in [0.4, 0.5) is 10.1 Å². The van der Waals surface area contributed by atoms with Crippen LogP contribution < -0.4 is 4.90 Å². The van der Waals surface area contributed by atoms with Crippen molar-refractivity contribution in [1.82, 2.24) is 0 Å². The molecule has 92 valence electrons. The number of anilines is 1.